The number of aliphatic hydroxyl groups excluding tert-OH is 1. The van der Waals surface area contributed by atoms with Gasteiger partial charge in [0.15, 0.2) is 23.0 Å². The van der Waals surface area contributed by atoms with Gasteiger partial charge in [0.25, 0.3) is 11.7 Å². The molecule has 37 heavy (non-hydrogen) atoms. The van der Waals surface area contributed by atoms with Crippen molar-refractivity contribution in [1.82, 2.24) is 4.90 Å². The van der Waals surface area contributed by atoms with Gasteiger partial charge in [-0.1, -0.05) is 42.0 Å². The standard InChI is InChI=1S/C29H29NO7/c1-17-5-8-19(9-6-17)27(32)25-26(20-10-11-21(31)23(16-20)36-3)30(29(34)28(25)33)14-13-18-7-12-22(35-2)24(15-18)37-4/h5-12,15-16,26,31-32H,13-14H2,1-4H3/t26-/m0/s1. The van der Waals surface area contributed by atoms with Crippen molar-refractivity contribution in [3.8, 4) is 23.0 Å². The number of likely N-dealkylation sites (tertiary alicyclic amines) is 1. The Hall–Kier alpha value is -4.46. The summed E-state index contributed by atoms with van der Waals surface area (Å²) in [6, 6.07) is 16.3. The predicted octanol–water partition coefficient (Wildman–Crippen LogP) is 4.39. The van der Waals surface area contributed by atoms with Gasteiger partial charge < -0.3 is 29.3 Å². The number of hydrogen-bond donors (Lipinski definition) is 2. The van der Waals surface area contributed by atoms with E-state index in [0.717, 1.165) is 11.1 Å². The summed E-state index contributed by atoms with van der Waals surface area (Å²) in [5.74, 6) is -0.495. The zero-order valence-corrected chi connectivity index (χ0v) is 21.1. The van der Waals surface area contributed by atoms with Crippen LogP contribution in [-0.2, 0) is 16.0 Å². The highest BCUT2D eigenvalue weighted by molar-refractivity contribution is 6.46. The smallest absolute Gasteiger partial charge is 0.295 e. The van der Waals surface area contributed by atoms with Crippen molar-refractivity contribution in [3.05, 3.63) is 88.5 Å². The summed E-state index contributed by atoms with van der Waals surface area (Å²) >= 11 is 0. The molecule has 0 saturated carbocycles. The Kier molecular flexibility index (Phi) is 7.38. The Morgan fingerprint density at radius 2 is 1.54 bits per heavy atom. The third-order valence-electron chi connectivity index (χ3n) is 6.47. The fourth-order valence-electron chi connectivity index (χ4n) is 4.47. The minimum absolute atomic E-state index is 0.0195. The second-order valence-corrected chi connectivity index (χ2v) is 8.73. The molecule has 1 amide bonds. The maximum Gasteiger partial charge on any atom is 0.295 e. The van der Waals surface area contributed by atoms with Crippen LogP contribution in [0, 0.1) is 6.92 Å². The Balaban J connectivity index is 1.78. The fourth-order valence-corrected chi connectivity index (χ4v) is 4.47. The zero-order valence-electron chi connectivity index (χ0n) is 21.1. The Bertz CT molecular complexity index is 1360. The lowest BCUT2D eigenvalue weighted by Gasteiger charge is -2.26. The van der Waals surface area contributed by atoms with E-state index < -0.39 is 17.7 Å². The number of benzene rings is 3. The van der Waals surface area contributed by atoms with Gasteiger partial charge in [-0.3, -0.25) is 9.59 Å². The average Bonchev–Trinajstić information content (AvgIpc) is 3.16. The predicted molar refractivity (Wildman–Crippen MR) is 138 cm³/mol. The summed E-state index contributed by atoms with van der Waals surface area (Å²) in [5, 5.41) is 21.3. The number of aliphatic hydroxyl groups is 1. The van der Waals surface area contributed by atoms with Gasteiger partial charge in [0, 0.05) is 12.1 Å². The number of methoxy groups -OCH3 is 3. The molecule has 1 atom stereocenters. The Morgan fingerprint density at radius 1 is 0.865 bits per heavy atom. The number of carbonyl (C=O) groups is 2. The number of nitrogens with zero attached hydrogens (tertiary/aromatic N) is 1. The van der Waals surface area contributed by atoms with Gasteiger partial charge in [-0.15, -0.1) is 0 Å². The topological polar surface area (TPSA) is 106 Å². The first-order valence-corrected chi connectivity index (χ1v) is 11.7. The van der Waals surface area contributed by atoms with Crippen molar-refractivity contribution in [2.75, 3.05) is 27.9 Å². The van der Waals surface area contributed by atoms with E-state index in [4.69, 9.17) is 14.2 Å². The average molecular weight is 504 g/mol. The Labute approximate surface area is 215 Å². The summed E-state index contributed by atoms with van der Waals surface area (Å²) < 4.78 is 15.9. The van der Waals surface area contributed by atoms with Crippen LogP contribution in [0.2, 0.25) is 0 Å². The Morgan fingerprint density at radius 3 is 2.19 bits per heavy atom. The summed E-state index contributed by atoms with van der Waals surface area (Å²) in [6.45, 7) is 2.11. The number of carbonyl (C=O) groups excluding carboxylic acids is 2. The lowest BCUT2D eigenvalue weighted by molar-refractivity contribution is -0.139. The van der Waals surface area contributed by atoms with Crippen molar-refractivity contribution in [1.29, 1.82) is 0 Å². The van der Waals surface area contributed by atoms with Gasteiger partial charge in [-0.05, 0) is 48.7 Å². The molecule has 1 fully saturated rings. The number of ether oxygens (including phenoxy) is 3. The monoisotopic (exact) mass is 503 g/mol. The number of hydrogen-bond acceptors (Lipinski definition) is 7. The maximum absolute atomic E-state index is 13.3. The van der Waals surface area contributed by atoms with Crippen LogP contribution in [0.4, 0.5) is 0 Å². The number of rotatable bonds is 8. The first-order valence-electron chi connectivity index (χ1n) is 11.7. The number of phenolic OH excluding ortho intramolecular Hbond substituents is 1. The molecule has 0 unspecified atom stereocenters. The molecule has 2 N–H and O–H groups in total. The molecular formula is C29H29NO7. The van der Waals surface area contributed by atoms with Crippen LogP contribution in [0.1, 0.15) is 28.3 Å². The van der Waals surface area contributed by atoms with E-state index in [9.17, 15) is 19.8 Å². The largest absolute Gasteiger partial charge is 0.507 e. The van der Waals surface area contributed by atoms with Crippen LogP contribution >= 0.6 is 0 Å². The molecule has 0 radical (unpaired) electrons. The summed E-state index contributed by atoms with van der Waals surface area (Å²) in [6.07, 6.45) is 0.420. The molecule has 0 aromatic heterocycles. The van der Waals surface area contributed by atoms with Crippen molar-refractivity contribution in [2.45, 2.75) is 19.4 Å². The number of Topliss-reactive ketones (excluding diaryl/α,β-unsaturated/α-hetero) is 1. The zero-order chi connectivity index (χ0) is 26.7. The van der Waals surface area contributed by atoms with Crippen LogP contribution < -0.4 is 14.2 Å². The molecule has 1 aliphatic heterocycles. The molecule has 4 rings (SSSR count). The van der Waals surface area contributed by atoms with Gasteiger partial charge in [0.2, 0.25) is 0 Å². The van der Waals surface area contributed by atoms with Crippen molar-refractivity contribution in [3.63, 3.8) is 0 Å². The maximum atomic E-state index is 13.3. The summed E-state index contributed by atoms with van der Waals surface area (Å²) in [4.78, 5) is 28.0. The molecule has 0 spiro atoms. The molecule has 0 bridgehead atoms. The van der Waals surface area contributed by atoms with E-state index in [1.54, 1.807) is 44.6 Å². The fraction of sp³-hybridized carbons (Fsp3) is 0.241. The van der Waals surface area contributed by atoms with Crippen molar-refractivity contribution < 1.29 is 34.0 Å². The quantitative estimate of drug-likeness (QED) is 0.267. The van der Waals surface area contributed by atoms with E-state index in [0.29, 0.717) is 29.0 Å². The lowest BCUT2D eigenvalue weighted by atomic mass is 9.94. The molecule has 1 saturated heterocycles. The van der Waals surface area contributed by atoms with Crippen LogP contribution in [0.15, 0.2) is 66.2 Å². The van der Waals surface area contributed by atoms with Crippen LogP contribution in [0.3, 0.4) is 0 Å². The third-order valence-corrected chi connectivity index (χ3v) is 6.47. The molecular weight excluding hydrogens is 474 g/mol. The van der Waals surface area contributed by atoms with Gasteiger partial charge in [-0.2, -0.15) is 0 Å². The minimum atomic E-state index is -0.879. The molecule has 8 nitrogen and oxygen atoms in total. The van der Waals surface area contributed by atoms with E-state index >= 15 is 0 Å². The number of aryl methyl sites for hydroxylation is 1. The highest BCUT2D eigenvalue weighted by Gasteiger charge is 2.46. The van der Waals surface area contributed by atoms with Crippen LogP contribution in [0.5, 0.6) is 23.0 Å². The van der Waals surface area contributed by atoms with Gasteiger partial charge >= 0.3 is 0 Å². The summed E-state index contributed by atoms with van der Waals surface area (Å²) in [5.41, 5.74) is 2.80. The van der Waals surface area contributed by atoms with E-state index in [2.05, 4.69) is 0 Å². The number of ketones is 1. The second kappa shape index (κ2) is 10.7. The van der Waals surface area contributed by atoms with Crippen molar-refractivity contribution in [2.24, 2.45) is 0 Å². The van der Waals surface area contributed by atoms with Crippen LogP contribution in [0.25, 0.3) is 5.76 Å². The van der Waals surface area contributed by atoms with Gasteiger partial charge in [0.1, 0.15) is 5.76 Å². The molecule has 3 aromatic rings. The first-order chi connectivity index (χ1) is 17.8. The molecule has 3 aromatic carbocycles. The molecule has 0 aliphatic carbocycles. The number of phenols is 1. The minimum Gasteiger partial charge on any atom is -0.507 e. The SMILES string of the molecule is COc1cc([C@H]2C(=C(O)c3ccc(C)cc3)C(=O)C(=O)N2CCc2ccc(OC)c(OC)c2)ccc1O. The van der Waals surface area contributed by atoms with Gasteiger partial charge in [-0.25, -0.2) is 0 Å². The van der Waals surface area contributed by atoms with Crippen LogP contribution in [-0.4, -0.2) is 54.7 Å². The number of amides is 1. The third kappa shape index (κ3) is 4.95. The molecule has 1 aliphatic rings. The van der Waals surface area contributed by atoms with E-state index in [-0.39, 0.29) is 29.4 Å². The summed E-state index contributed by atoms with van der Waals surface area (Å²) in [7, 11) is 4.51. The highest BCUT2D eigenvalue weighted by Crippen LogP contribution is 2.42. The normalized spacial score (nSPS) is 16.6. The highest BCUT2D eigenvalue weighted by atomic mass is 16.5. The van der Waals surface area contributed by atoms with Gasteiger partial charge in [0.05, 0.1) is 32.9 Å². The lowest BCUT2D eigenvalue weighted by Crippen LogP contribution is -2.31. The van der Waals surface area contributed by atoms with E-state index in [1.807, 2.05) is 31.2 Å². The molecule has 1 heterocycles. The number of aromatic hydroxyl groups is 1. The van der Waals surface area contributed by atoms with E-state index in [1.165, 1.54) is 18.1 Å². The van der Waals surface area contributed by atoms with Crippen molar-refractivity contribution >= 4 is 17.4 Å². The second-order valence-electron chi connectivity index (χ2n) is 8.73. The molecule has 8 heteroatoms. The molecule has 192 valence electrons. The first kappa shape index (κ1) is 25.6.